The predicted molar refractivity (Wildman–Crippen MR) is 109 cm³/mol. The van der Waals surface area contributed by atoms with Gasteiger partial charge in [0.05, 0.1) is 11.9 Å². The van der Waals surface area contributed by atoms with E-state index in [1.54, 1.807) is 19.3 Å². The van der Waals surface area contributed by atoms with Crippen LogP contribution in [0.5, 0.6) is 5.75 Å². The molecular formula is C20H20N6O2S. The van der Waals surface area contributed by atoms with Gasteiger partial charge in [-0.05, 0) is 57.2 Å². The fraction of sp³-hybridized carbons (Fsp3) is 0.250. The van der Waals surface area contributed by atoms with Crippen LogP contribution in [0, 0.1) is 6.92 Å². The Morgan fingerprint density at radius 3 is 2.52 bits per heavy atom. The first-order valence-electron chi connectivity index (χ1n) is 9.21. The summed E-state index contributed by atoms with van der Waals surface area (Å²) >= 11 is 1.51. The summed E-state index contributed by atoms with van der Waals surface area (Å²) < 4.78 is 12.9. The number of benzene rings is 1. The molecule has 1 aromatic carbocycles. The van der Waals surface area contributed by atoms with Crippen molar-refractivity contribution in [3.05, 3.63) is 60.5 Å². The predicted octanol–water partition coefficient (Wildman–Crippen LogP) is 4.27. The molecule has 0 aliphatic rings. The Bertz CT molecular complexity index is 1080. The molecule has 1 atom stereocenters. The molecule has 0 fully saturated rings. The number of nitrogens with zero attached hydrogens (tertiary/aromatic N) is 6. The molecule has 0 spiro atoms. The molecule has 0 saturated heterocycles. The molecule has 4 aromatic rings. The van der Waals surface area contributed by atoms with Gasteiger partial charge < -0.3 is 9.26 Å². The minimum Gasteiger partial charge on any atom is -0.494 e. The smallest absolute Gasteiger partial charge is 0.239 e. The summed E-state index contributed by atoms with van der Waals surface area (Å²) in [6.07, 6.45) is 3.48. The van der Waals surface area contributed by atoms with E-state index in [0.717, 1.165) is 28.0 Å². The molecule has 0 saturated carbocycles. The SMILES string of the molecule is CCOc1ccc(-n2c(S[C@@H](C)c3nc(C)no3)nnc2-c2ccncc2)cc1. The summed E-state index contributed by atoms with van der Waals surface area (Å²) in [5.41, 5.74) is 1.86. The van der Waals surface area contributed by atoms with E-state index >= 15 is 0 Å². The van der Waals surface area contributed by atoms with E-state index in [-0.39, 0.29) is 5.25 Å². The molecule has 0 amide bonds. The molecule has 0 aliphatic carbocycles. The van der Waals surface area contributed by atoms with Crippen molar-refractivity contribution in [2.75, 3.05) is 6.61 Å². The van der Waals surface area contributed by atoms with Crippen molar-refractivity contribution in [2.45, 2.75) is 31.2 Å². The van der Waals surface area contributed by atoms with Crippen molar-refractivity contribution in [2.24, 2.45) is 0 Å². The van der Waals surface area contributed by atoms with E-state index in [9.17, 15) is 0 Å². The third kappa shape index (κ3) is 4.14. The van der Waals surface area contributed by atoms with Gasteiger partial charge in [-0.25, -0.2) is 0 Å². The Hall–Kier alpha value is -3.20. The topological polar surface area (TPSA) is 91.8 Å². The number of pyridine rings is 1. The highest BCUT2D eigenvalue weighted by Crippen LogP contribution is 2.36. The summed E-state index contributed by atoms with van der Waals surface area (Å²) in [7, 11) is 0. The van der Waals surface area contributed by atoms with Crippen LogP contribution < -0.4 is 4.74 Å². The Morgan fingerprint density at radius 1 is 1.10 bits per heavy atom. The molecular weight excluding hydrogens is 388 g/mol. The zero-order valence-electron chi connectivity index (χ0n) is 16.3. The van der Waals surface area contributed by atoms with Crippen molar-refractivity contribution in [1.29, 1.82) is 0 Å². The number of hydrogen-bond acceptors (Lipinski definition) is 8. The first-order chi connectivity index (χ1) is 14.2. The maximum Gasteiger partial charge on any atom is 0.239 e. The van der Waals surface area contributed by atoms with Gasteiger partial charge in [-0.3, -0.25) is 9.55 Å². The highest BCUT2D eigenvalue weighted by molar-refractivity contribution is 7.99. The number of aryl methyl sites for hydroxylation is 1. The molecule has 0 N–H and O–H groups in total. The van der Waals surface area contributed by atoms with Crippen molar-refractivity contribution in [1.82, 2.24) is 29.9 Å². The van der Waals surface area contributed by atoms with Gasteiger partial charge in [0.1, 0.15) is 5.75 Å². The normalized spacial score (nSPS) is 12.1. The minimum atomic E-state index is -0.0767. The Kier molecular flexibility index (Phi) is 5.57. The lowest BCUT2D eigenvalue weighted by molar-refractivity contribution is 0.340. The average molecular weight is 408 g/mol. The summed E-state index contributed by atoms with van der Waals surface area (Å²) in [5, 5.41) is 13.4. The van der Waals surface area contributed by atoms with Gasteiger partial charge in [0.15, 0.2) is 16.8 Å². The lowest BCUT2D eigenvalue weighted by atomic mass is 10.2. The molecule has 3 aromatic heterocycles. The molecule has 0 bridgehead atoms. The fourth-order valence-corrected chi connectivity index (χ4v) is 3.71. The quantitative estimate of drug-likeness (QED) is 0.419. The third-order valence-corrected chi connectivity index (χ3v) is 5.18. The van der Waals surface area contributed by atoms with Gasteiger partial charge in [0.25, 0.3) is 0 Å². The third-order valence-electron chi connectivity index (χ3n) is 4.15. The summed E-state index contributed by atoms with van der Waals surface area (Å²) in [5.74, 6) is 2.71. The van der Waals surface area contributed by atoms with Crippen LogP contribution in [-0.2, 0) is 0 Å². The van der Waals surface area contributed by atoms with Gasteiger partial charge >= 0.3 is 0 Å². The van der Waals surface area contributed by atoms with Crippen LogP contribution in [0.15, 0.2) is 58.5 Å². The molecule has 9 heteroatoms. The maximum atomic E-state index is 5.57. The van der Waals surface area contributed by atoms with Crippen LogP contribution in [-0.4, -0.2) is 36.5 Å². The van der Waals surface area contributed by atoms with E-state index in [4.69, 9.17) is 9.26 Å². The van der Waals surface area contributed by atoms with Crippen molar-refractivity contribution in [3.8, 4) is 22.8 Å². The lowest BCUT2D eigenvalue weighted by Gasteiger charge is -2.12. The zero-order valence-corrected chi connectivity index (χ0v) is 17.1. The van der Waals surface area contributed by atoms with Crippen LogP contribution in [0.2, 0.25) is 0 Å². The van der Waals surface area contributed by atoms with E-state index < -0.39 is 0 Å². The Balaban J connectivity index is 1.74. The van der Waals surface area contributed by atoms with E-state index in [2.05, 4.69) is 25.3 Å². The maximum absolute atomic E-state index is 5.57. The molecule has 0 aliphatic heterocycles. The molecule has 4 rings (SSSR count). The largest absolute Gasteiger partial charge is 0.494 e. The van der Waals surface area contributed by atoms with E-state index in [1.165, 1.54) is 11.8 Å². The summed E-state index contributed by atoms with van der Waals surface area (Å²) in [4.78, 5) is 8.42. The monoisotopic (exact) mass is 408 g/mol. The molecule has 3 heterocycles. The second kappa shape index (κ2) is 8.44. The highest BCUT2D eigenvalue weighted by Gasteiger charge is 2.22. The highest BCUT2D eigenvalue weighted by atomic mass is 32.2. The van der Waals surface area contributed by atoms with Crippen molar-refractivity contribution in [3.63, 3.8) is 0 Å². The first-order valence-corrected chi connectivity index (χ1v) is 10.1. The van der Waals surface area contributed by atoms with Crippen LogP contribution in [0.3, 0.4) is 0 Å². The summed E-state index contributed by atoms with van der Waals surface area (Å²) in [6.45, 7) is 6.39. The Labute approximate surface area is 172 Å². The molecule has 29 heavy (non-hydrogen) atoms. The second-order valence-electron chi connectivity index (χ2n) is 6.24. The standard InChI is InChI=1S/C20H20N6O2S/c1-4-27-17-7-5-16(6-8-17)26-18(15-9-11-21-12-10-15)23-24-20(26)29-13(2)19-22-14(3)25-28-19/h5-13H,4H2,1-3H3/t13-/m0/s1. The van der Waals surface area contributed by atoms with Gasteiger partial charge in [-0.2, -0.15) is 4.98 Å². The van der Waals surface area contributed by atoms with Gasteiger partial charge in [-0.15, -0.1) is 10.2 Å². The van der Waals surface area contributed by atoms with Crippen molar-refractivity contribution < 1.29 is 9.26 Å². The van der Waals surface area contributed by atoms with Crippen LogP contribution in [0.25, 0.3) is 17.1 Å². The second-order valence-corrected chi connectivity index (χ2v) is 7.55. The number of rotatable bonds is 7. The fourth-order valence-electron chi connectivity index (χ4n) is 2.81. The van der Waals surface area contributed by atoms with Crippen molar-refractivity contribution >= 4 is 11.8 Å². The number of thioether (sulfide) groups is 1. The van der Waals surface area contributed by atoms with Crippen LogP contribution >= 0.6 is 11.8 Å². The number of aromatic nitrogens is 6. The Morgan fingerprint density at radius 2 is 1.86 bits per heavy atom. The van der Waals surface area contributed by atoms with E-state index in [0.29, 0.717) is 18.3 Å². The molecule has 0 radical (unpaired) electrons. The van der Waals surface area contributed by atoms with Crippen LogP contribution in [0.4, 0.5) is 0 Å². The number of hydrogen-bond donors (Lipinski definition) is 0. The van der Waals surface area contributed by atoms with Crippen LogP contribution in [0.1, 0.15) is 30.8 Å². The lowest BCUT2D eigenvalue weighted by Crippen LogP contribution is -2.01. The number of ether oxygens (including phenoxy) is 1. The first kappa shape index (κ1) is 19.1. The van der Waals surface area contributed by atoms with Gasteiger partial charge in [-0.1, -0.05) is 16.9 Å². The molecule has 148 valence electrons. The summed E-state index contributed by atoms with van der Waals surface area (Å²) in [6, 6.07) is 11.7. The minimum absolute atomic E-state index is 0.0767. The van der Waals surface area contributed by atoms with Gasteiger partial charge in [0.2, 0.25) is 5.89 Å². The average Bonchev–Trinajstić information content (AvgIpc) is 3.36. The zero-order chi connectivity index (χ0) is 20.2. The van der Waals surface area contributed by atoms with E-state index in [1.807, 2.05) is 54.8 Å². The molecule has 0 unspecified atom stereocenters. The van der Waals surface area contributed by atoms with Gasteiger partial charge in [0, 0.05) is 23.6 Å². The molecule has 8 nitrogen and oxygen atoms in total.